The maximum atomic E-state index is 12.1. The van der Waals surface area contributed by atoms with Crippen molar-refractivity contribution >= 4 is 17.7 Å². The molecule has 0 saturated carbocycles. The van der Waals surface area contributed by atoms with E-state index in [-0.39, 0.29) is 6.09 Å². The Morgan fingerprint density at radius 2 is 2.04 bits per heavy atom. The van der Waals surface area contributed by atoms with Gasteiger partial charge in [-0.15, -0.1) is 0 Å². The van der Waals surface area contributed by atoms with Crippen molar-refractivity contribution < 1.29 is 9.53 Å². The summed E-state index contributed by atoms with van der Waals surface area (Å²) in [6.07, 6.45) is 1.77. The van der Waals surface area contributed by atoms with Gasteiger partial charge in [0.25, 0.3) is 0 Å². The van der Waals surface area contributed by atoms with Gasteiger partial charge >= 0.3 is 6.09 Å². The van der Waals surface area contributed by atoms with E-state index in [1.54, 1.807) is 4.90 Å². The number of benzene rings is 1. The van der Waals surface area contributed by atoms with Crippen molar-refractivity contribution in [2.75, 3.05) is 19.6 Å². The molecule has 1 unspecified atom stereocenters. The second-order valence-corrected chi connectivity index (χ2v) is 7.47. The van der Waals surface area contributed by atoms with Crippen LogP contribution in [0.5, 0.6) is 0 Å². The van der Waals surface area contributed by atoms with Gasteiger partial charge in [0.15, 0.2) is 0 Å². The second-order valence-electron chi connectivity index (χ2n) is 7.03. The normalized spacial score (nSPS) is 17.0. The summed E-state index contributed by atoms with van der Waals surface area (Å²) in [6.45, 7) is 9.69. The summed E-state index contributed by atoms with van der Waals surface area (Å²) < 4.78 is 5.42. The lowest BCUT2D eigenvalue weighted by Gasteiger charge is -2.27. The first-order valence-corrected chi connectivity index (χ1v) is 8.65. The molecule has 4 nitrogen and oxygen atoms in total. The van der Waals surface area contributed by atoms with Gasteiger partial charge in [-0.05, 0) is 63.8 Å². The van der Waals surface area contributed by atoms with Gasteiger partial charge in [0, 0.05) is 30.7 Å². The Hall–Kier alpha value is -1.26. The Bertz CT molecular complexity index is 554. The van der Waals surface area contributed by atoms with Crippen molar-refractivity contribution in [2.45, 2.75) is 52.2 Å². The summed E-state index contributed by atoms with van der Waals surface area (Å²) in [4.78, 5) is 13.8. The van der Waals surface area contributed by atoms with Crippen LogP contribution in [-0.2, 0) is 17.6 Å². The average molecular weight is 339 g/mol. The van der Waals surface area contributed by atoms with Crippen molar-refractivity contribution in [3.05, 3.63) is 34.3 Å². The smallest absolute Gasteiger partial charge is 0.410 e. The summed E-state index contributed by atoms with van der Waals surface area (Å²) >= 11 is 6.04. The molecule has 0 bridgehead atoms. The zero-order chi connectivity index (χ0) is 17.0. The third-order valence-electron chi connectivity index (χ3n) is 3.95. The third-order valence-corrected chi connectivity index (χ3v) is 4.18. The minimum Gasteiger partial charge on any atom is -0.444 e. The largest absolute Gasteiger partial charge is 0.444 e. The lowest BCUT2D eigenvalue weighted by molar-refractivity contribution is 0.0261. The van der Waals surface area contributed by atoms with E-state index in [0.717, 1.165) is 24.4 Å². The predicted octanol–water partition coefficient (Wildman–Crippen LogP) is 3.65. The zero-order valence-corrected chi connectivity index (χ0v) is 15.2. The van der Waals surface area contributed by atoms with Crippen molar-refractivity contribution in [3.63, 3.8) is 0 Å². The summed E-state index contributed by atoms with van der Waals surface area (Å²) in [5.74, 6) is 0. The molecule has 1 N–H and O–H groups in total. The van der Waals surface area contributed by atoms with Crippen molar-refractivity contribution in [3.8, 4) is 0 Å². The van der Waals surface area contributed by atoms with Gasteiger partial charge in [-0.2, -0.15) is 0 Å². The minimum absolute atomic E-state index is 0.247. The highest BCUT2D eigenvalue weighted by molar-refractivity contribution is 6.30. The van der Waals surface area contributed by atoms with Crippen LogP contribution in [0.15, 0.2) is 18.2 Å². The van der Waals surface area contributed by atoms with Gasteiger partial charge in [0.1, 0.15) is 5.60 Å². The van der Waals surface area contributed by atoms with Gasteiger partial charge < -0.3 is 15.0 Å². The number of halogens is 1. The SMILES string of the molecule is CCN(CCNC1Cc2ccc(Cl)cc2C1)C(=O)OC(C)(C)C. The molecule has 0 spiro atoms. The van der Waals surface area contributed by atoms with E-state index in [0.29, 0.717) is 19.1 Å². The molecule has 128 valence electrons. The molecule has 1 aromatic carbocycles. The standard InChI is InChI=1S/C18H27ClN2O2/c1-5-21(17(22)23-18(2,3)4)9-8-20-16-11-13-6-7-15(19)10-14(13)12-16/h6-7,10,16,20H,5,8-9,11-12H2,1-4H3. The topological polar surface area (TPSA) is 41.6 Å². The lowest BCUT2D eigenvalue weighted by atomic mass is 10.1. The van der Waals surface area contributed by atoms with Gasteiger partial charge in [-0.1, -0.05) is 17.7 Å². The van der Waals surface area contributed by atoms with Crippen LogP contribution in [0.2, 0.25) is 5.02 Å². The number of fused-ring (bicyclic) bond motifs is 1. The molecule has 2 rings (SSSR count). The molecule has 0 saturated heterocycles. The Balaban J connectivity index is 1.77. The Morgan fingerprint density at radius 3 is 2.70 bits per heavy atom. The molecule has 0 aromatic heterocycles. The van der Waals surface area contributed by atoms with Crippen LogP contribution < -0.4 is 5.32 Å². The van der Waals surface area contributed by atoms with Crippen molar-refractivity contribution in [1.29, 1.82) is 0 Å². The number of amides is 1. The molecular formula is C18H27ClN2O2. The van der Waals surface area contributed by atoms with Gasteiger partial charge in [0.05, 0.1) is 0 Å². The van der Waals surface area contributed by atoms with Crippen LogP contribution in [0.25, 0.3) is 0 Å². The second kappa shape index (κ2) is 7.54. The van der Waals surface area contributed by atoms with Crippen LogP contribution in [-0.4, -0.2) is 42.3 Å². The van der Waals surface area contributed by atoms with Crippen LogP contribution in [0.3, 0.4) is 0 Å². The molecule has 0 aliphatic heterocycles. The number of nitrogens with zero attached hydrogens (tertiary/aromatic N) is 1. The molecule has 0 fully saturated rings. The van der Waals surface area contributed by atoms with Gasteiger partial charge in [-0.25, -0.2) is 4.79 Å². The average Bonchev–Trinajstić information content (AvgIpc) is 2.83. The number of ether oxygens (including phenoxy) is 1. The fraction of sp³-hybridized carbons (Fsp3) is 0.611. The van der Waals surface area contributed by atoms with E-state index in [1.807, 2.05) is 33.8 Å². The fourth-order valence-electron chi connectivity index (χ4n) is 2.84. The number of likely N-dealkylation sites (N-methyl/N-ethyl adjacent to an activating group) is 1. The molecule has 1 amide bonds. The Kier molecular flexibility index (Phi) is 5.93. The van der Waals surface area contributed by atoms with Gasteiger partial charge in [-0.3, -0.25) is 0 Å². The summed E-state index contributed by atoms with van der Waals surface area (Å²) in [5.41, 5.74) is 2.24. The Labute approximate surface area is 144 Å². The van der Waals surface area contributed by atoms with Crippen molar-refractivity contribution in [2.24, 2.45) is 0 Å². The van der Waals surface area contributed by atoms with E-state index in [4.69, 9.17) is 16.3 Å². The summed E-state index contributed by atoms with van der Waals surface area (Å²) in [7, 11) is 0. The first-order chi connectivity index (χ1) is 10.8. The summed E-state index contributed by atoms with van der Waals surface area (Å²) in [6, 6.07) is 6.53. The van der Waals surface area contributed by atoms with Gasteiger partial charge in [0.2, 0.25) is 0 Å². The lowest BCUT2D eigenvalue weighted by Crippen LogP contribution is -2.42. The van der Waals surface area contributed by atoms with Crippen LogP contribution in [0, 0.1) is 0 Å². The predicted molar refractivity (Wildman–Crippen MR) is 94.1 cm³/mol. The highest BCUT2D eigenvalue weighted by Crippen LogP contribution is 2.25. The van der Waals surface area contributed by atoms with Crippen molar-refractivity contribution in [1.82, 2.24) is 10.2 Å². The number of nitrogens with one attached hydrogen (secondary N) is 1. The monoisotopic (exact) mass is 338 g/mol. The number of carbonyl (C=O) groups excluding carboxylic acids is 1. The molecular weight excluding hydrogens is 312 g/mol. The van der Waals surface area contributed by atoms with E-state index < -0.39 is 5.60 Å². The van der Waals surface area contributed by atoms with Crippen LogP contribution >= 0.6 is 11.6 Å². The van der Waals surface area contributed by atoms with Crippen LogP contribution in [0.4, 0.5) is 4.79 Å². The molecule has 5 heteroatoms. The highest BCUT2D eigenvalue weighted by atomic mass is 35.5. The van der Waals surface area contributed by atoms with E-state index in [1.165, 1.54) is 11.1 Å². The Morgan fingerprint density at radius 1 is 1.35 bits per heavy atom. The maximum Gasteiger partial charge on any atom is 0.410 e. The number of hydrogen-bond donors (Lipinski definition) is 1. The fourth-order valence-corrected chi connectivity index (χ4v) is 3.03. The first kappa shape index (κ1) is 18.1. The summed E-state index contributed by atoms with van der Waals surface area (Å²) in [5, 5.41) is 4.34. The molecule has 1 aliphatic rings. The van der Waals surface area contributed by atoms with Crippen LogP contribution in [0.1, 0.15) is 38.8 Å². The molecule has 1 aliphatic carbocycles. The highest BCUT2D eigenvalue weighted by Gasteiger charge is 2.23. The quantitative estimate of drug-likeness (QED) is 0.891. The zero-order valence-electron chi connectivity index (χ0n) is 14.5. The molecule has 0 radical (unpaired) electrons. The van der Waals surface area contributed by atoms with E-state index >= 15 is 0 Å². The molecule has 1 atom stereocenters. The number of rotatable bonds is 5. The molecule has 0 heterocycles. The minimum atomic E-state index is -0.454. The first-order valence-electron chi connectivity index (χ1n) is 8.27. The maximum absolute atomic E-state index is 12.1. The molecule has 1 aromatic rings. The number of hydrogen-bond acceptors (Lipinski definition) is 3. The molecule has 23 heavy (non-hydrogen) atoms. The third kappa shape index (κ3) is 5.40. The van der Waals surface area contributed by atoms with E-state index in [2.05, 4.69) is 17.4 Å². The number of carbonyl (C=O) groups is 1. The van der Waals surface area contributed by atoms with E-state index in [9.17, 15) is 4.79 Å².